The lowest BCUT2D eigenvalue weighted by Gasteiger charge is -2.34. The molecule has 1 heterocycles. The average Bonchev–Trinajstić information content (AvgIpc) is 2.36. The maximum atomic E-state index is 12.3. The normalized spacial score (nSPS) is 19.0. The van der Waals surface area contributed by atoms with Crippen LogP contribution in [-0.4, -0.2) is 52.1 Å². The fraction of sp³-hybridized carbons (Fsp3) is 0.857. The largest absolute Gasteiger partial charge is 0.353 e. The molecule has 1 fully saturated rings. The predicted octanol–water partition coefficient (Wildman–Crippen LogP) is 0.908. The lowest BCUT2D eigenvalue weighted by Crippen LogP contribution is -2.52. The van der Waals surface area contributed by atoms with E-state index >= 15 is 0 Å². The maximum absolute atomic E-state index is 12.3. The summed E-state index contributed by atoms with van der Waals surface area (Å²) < 4.78 is 11.0. The highest BCUT2D eigenvalue weighted by Gasteiger charge is 2.31. The Hall–Kier alpha value is -0.910. The highest BCUT2D eigenvalue weighted by atomic mass is 32.2. The summed E-state index contributed by atoms with van der Waals surface area (Å²) in [7, 11) is -0.913. The number of nitrogens with one attached hydrogen (secondary N) is 1. The van der Waals surface area contributed by atoms with E-state index in [0.29, 0.717) is 37.6 Å². The van der Waals surface area contributed by atoms with E-state index in [4.69, 9.17) is 0 Å². The molecule has 116 valence electrons. The summed E-state index contributed by atoms with van der Waals surface area (Å²) in [5.41, 5.74) is 0. The van der Waals surface area contributed by atoms with E-state index in [-0.39, 0.29) is 17.9 Å². The minimum Gasteiger partial charge on any atom is -0.353 e. The molecule has 2 atom stereocenters. The van der Waals surface area contributed by atoms with E-state index in [1.165, 1.54) is 0 Å². The Morgan fingerprint density at radius 2 is 2.10 bits per heavy atom. The van der Waals surface area contributed by atoms with Gasteiger partial charge in [0, 0.05) is 42.3 Å². The molecule has 1 rings (SSSR count). The van der Waals surface area contributed by atoms with E-state index in [1.54, 1.807) is 11.2 Å². The second-order valence-corrected chi connectivity index (χ2v) is 7.31. The fourth-order valence-electron chi connectivity index (χ4n) is 2.41. The number of hydrogen-bond donors (Lipinski definition) is 1. The fourth-order valence-corrected chi connectivity index (χ4v) is 2.80. The van der Waals surface area contributed by atoms with Crippen molar-refractivity contribution in [1.82, 2.24) is 10.2 Å². The Bertz CT molecular complexity index is 371. The first-order valence-electron chi connectivity index (χ1n) is 7.29. The van der Waals surface area contributed by atoms with Crippen molar-refractivity contribution < 1.29 is 13.8 Å². The molecule has 0 bridgehead atoms. The van der Waals surface area contributed by atoms with Crippen molar-refractivity contribution in [2.75, 3.05) is 25.1 Å². The monoisotopic (exact) mass is 302 g/mol. The van der Waals surface area contributed by atoms with Gasteiger partial charge in [0.25, 0.3) is 0 Å². The summed E-state index contributed by atoms with van der Waals surface area (Å²) in [6, 6.07) is -0.381. The topological polar surface area (TPSA) is 66.5 Å². The first kappa shape index (κ1) is 17.1. The van der Waals surface area contributed by atoms with Gasteiger partial charge in [-0.25, -0.2) is 0 Å². The number of carbonyl (C=O) groups excluding carboxylic acids is 2. The van der Waals surface area contributed by atoms with Crippen LogP contribution in [0.25, 0.3) is 0 Å². The van der Waals surface area contributed by atoms with Crippen molar-refractivity contribution in [1.29, 1.82) is 0 Å². The van der Waals surface area contributed by atoms with Crippen molar-refractivity contribution >= 4 is 22.6 Å². The molecular weight excluding hydrogens is 276 g/mol. The molecule has 0 aromatic rings. The Balaban J connectivity index is 2.64. The van der Waals surface area contributed by atoms with Crippen molar-refractivity contribution in [3.63, 3.8) is 0 Å². The molecule has 0 aromatic carbocycles. The molecule has 1 aliphatic rings. The first-order chi connectivity index (χ1) is 9.41. The third-order valence-corrected chi connectivity index (χ3v) is 4.20. The van der Waals surface area contributed by atoms with Gasteiger partial charge in [0.2, 0.25) is 11.8 Å². The Labute approximate surface area is 123 Å². The highest BCUT2D eigenvalue weighted by Crippen LogP contribution is 2.19. The van der Waals surface area contributed by atoms with Gasteiger partial charge in [-0.05, 0) is 25.2 Å². The van der Waals surface area contributed by atoms with Gasteiger partial charge in [-0.1, -0.05) is 13.8 Å². The Morgan fingerprint density at radius 3 is 2.65 bits per heavy atom. The maximum Gasteiger partial charge on any atom is 0.242 e. The van der Waals surface area contributed by atoms with E-state index < -0.39 is 10.8 Å². The van der Waals surface area contributed by atoms with Gasteiger partial charge in [0.1, 0.15) is 6.04 Å². The lowest BCUT2D eigenvalue weighted by atomic mass is 9.98. The van der Waals surface area contributed by atoms with Gasteiger partial charge in [0.05, 0.1) is 0 Å². The van der Waals surface area contributed by atoms with Gasteiger partial charge >= 0.3 is 0 Å². The molecule has 0 spiro atoms. The molecule has 1 aliphatic heterocycles. The quantitative estimate of drug-likeness (QED) is 0.760. The molecule has 0 aliphatic carbocycles. The predicted molar refractivity (Wildman–Crippen MR) is 80.8 cm³/mol. The van der Waals surface area contributed by atoms with E-state index in [2.05, 4.69) is 19.2 Å². The number of hydrogen-bond acceptors (Lipinski definition) is 3. The highest BCUT2D eigenvalue weighted by molar-refractivity contribution is 7.84. The van der Waals surface area contributed by atoms with Crippen molar-refractivity contribution in [2.45, 2.75) is 45.6 Å². The molecule has 1 saturated heterocycles. The molecule has 6 heteroatoms. The van der Waals surface area contributed by atoms with E-state index in [0.717, 1.165) is 12.8 Å². The zero-order valence-corrected chi connectivity index (χ0v) is 13.5. The SMILES string of the molecule is CC(C)CC(C(=O)NCCS(C)=O)N1CCCCC1=O. The van der Waals surface area contributed by atoms with Crippen LogP contribution in [0, 0.1) is 5.92 Å². The molecule has 20 heavy (non-hydrogen) atoms. The van der Waals surface area contributed by atoms with Crippen LogP contribution in [-0.2, 0) is 20.4 Å². The number of nitrogens with zero attached hydrogens (tertiary/aromatic N) is 1. The number of carbonyl (C=O) groups is 2. The third kappa shape index (κ3) is 5.61. The van der Waals surface area contributed by atoms with Gasteiger partial charge in [0.15, 0.2) is 0 Å². The van der Waals surface area contributed by atoms with Crippen molar-refractivity contribution in [2.24, 2.45) is 5.92 Å². The second kappa shape index (κ2) is 8.39. The summed E-state index contributed by atoms with van der Waals surface area (Å²) in [6.07, 6.45) is 4.71. The van der Waals surface area contributed by atoms with Crippen molar-refractivity contribution in [3.8, 4) is 0 Å². The first-order valence-corrected chi connectivity index (χ1v) is 9.01. The molecule has 2 amide bonds. The van der Waals surface area contributed by atoms with Crippen LogP contribution in [0.4, 0.5) is 0 Å². The summed E-state index contributed by atoms with van der Waals surface area (Å²) in [4.78, 5) is 26.0. The average molecular weight is 302 g/mol. The van der Waals surface area contributed by atoms with Gasteiger partial charge in [-0.15, -0.1) is 0 Å². The number of piperidine rings is 1. The summed E-state index contributed by atoms with van der Waals surface area (Å²) >= 11 is 0. The summed E-state index contributed by atoms with van der Waals surface area (Å²) in [5.74, 6) is 0.768. The van der Waals surface area contributed by atoms with Crippen LogP contribution in [0.3, 0.4) is 0 Å². The minimum atomic E-state index is -0.913. The van der Waals surface area contributed by atoms with Crippen molar-refractivity contribution in [3.05, 3.63) is 0 Å². The molecular formula is C14H26N2O3S. The van der Waals surface area contributed by atoms with Crippen LogP contribution in [0.1, 0.15) is 39.5 Å². The van der Waals surface area contributed by atoms with Gasteiger partial charge in [-0.3, -0.25) is 13.8 Å². The third-order valence-electron chi connectivity index (χ3n) is 3.42. The number of rotatable bonds is 7. The van der Waals surface area contributed by atoms with Crippen LogP contribution < -0.4 is 5.32 Å². The smallest absolute Gasteiger partial charge is 0.242 e. The zero-order chi connectivity index (χ0) is 15.1. The lowest BCUT2D eigenvalue weighted by molar-refractivity contribution is -0.143. The minimum absolute atomic E-state index is 0.0797. The standard InChI is InChI=1S/C14H26N2O3S/c1-11(2)10-12(14(18)15-7-9-20(3)19)16-8-5-4-6-13(16)17/h11-12H,4-10H2,1-3H3,(H,15,18). The van der Waals surface area contributed by atoms with Crippen LogP contribution in [0.15, 0.2) is 0 Å². The summed E-state index contributed by atoms with van der Waals surface area (Å²) in [6.45, 7) is 5.17. The van der Waals surface area contributed by atoms with E-state index in [9.17, 15) is 13.8 Å². The molecule has 5 nitrogen and oxygen atoms in total. The van der Waals surface area contributed by atoms with Crippen LogP contribution in [0.2, 0.25) is 0 Å². The van der Waals surface area contributed by atoms with E-state index in [1.807, 2.05) is 0 Å². The van der Waals surface area contributed by atoms with Crippen LogP contribution >= 0.6 is 0 Å². The number of amides is 2. The molecule has 0 radical (unpaired) electrons. The molecule has 2 unspecified atom stereocenters. The zero-order valence-electron chi connectivity index (χ0n) is 12.7. The van der Waals surface area contributed by atoms with Crippen LogP contribution in [0.5, 0.6) is 0 Å². The van der Waals surface area contributed by atoms with Gasteiger partial charge in [-0.2, -0.15) is 0 Å². The Morgan fingerprint density at radius 1 is 1.40 bits per heavy atom. The molecule has 0 saturated carbocycles. The molecule has 1 N–H and O–H groups in total. The number of likely N-dealkylation sites (tertiary alicyclic amines) is 1. The molecule has 0 aromatic heterocycles. The summed E-state index contributed by atoms with van der Waals surface area (Å²) in [5, 5.41) is 2.81. The Kier molecular flexibility index (Phi) is 7.19. The van der Waals surface area contributed by atoms with Gasteiger partial charge < -0.3 is 10.2 Å². The second-order valence-electron chi connectivity index (χ2n) is 5.76.